The van der Waals surface area contributed by atoms with Crippen molar-refractivity contribution in [1.29, 1.82) is 0 Å². The molecule has 0 N–H and O–H groups in total. The average Bonchev–Trinajstić information content (AvgIpc) is 2.12. The molecule has 3 atom stereocenters. The van der Waals surface area contributed by atoms with Crippen molar-refractivity contribution in [2.75, 3.05) is 0 Å². The molecule has 92 valence electrons. The Morgan fingerprint density at radius 3 is 1.87 bits per heavy atom. The van der Waals surface area contributed by atoms with Gasteiger partial charge in [0.05, 0.1) is 5.92 Å². The van der Waals surface area contributed by atoms with Crippen molar-refractivity contribution in [2.45, 2.75) is 59.6 Å². The molecule has 15 heavy (non-hydrogen) atoms. The second-order valence-corrected chi connectivity index (χ2v) is 4.87. The first-order valence-corrected chi connectivity index (χ1v) is 5.84. The van der Waals surface area contributed by atoms with Gasteiger partial charge in [-0.25, -0.2) is 0 Å². The first kappa shape index (κ1) is 14.8. The monoisotopic (exact) mass is 224 g/mol. The van der Waals surface area contributed by atoms with Gasteiger partial charge in [0.1, 0.15) is 0 Å². The highest BCUT2D eigenvalue weighted by Crippen LogP contribution is 2.31. The van der Waals surface area contributed by atoms with E-state index in [0.29, 0.717) is 18.3 Å². The maximum Gasteiger partial charge on any atom is 0.391 e. The summed E-state index contributed by atoms with van der Waals surface area (Å²) in [5.74, 6) is -0.122. The van der Waals surface area contributed by atoms with Gasteiger partial charge in [-0.15, -0.1) is 0 Å². The summed E-state index contributed by atoms with van der Waals surface area (Å²) < 4.78 is 36.7. The van der Waals surface area contributed by atoms with E-state index in [2.05, 4.69) is 20.8 Å². The summed E-state index contributed by atoms with van der Waals surface area (Å²) in [5.41, 5.74) is 0. The predicted octanol–water partition coefficient (Wildman–Crippen LogP) is 5.04. The van der Waals surface area contributed by atoms with Crippen molar-refractivity contribution < 1.29 is 13.2 Å². The Kier molecular flexibility index (Phi) is 6.30. The standard InChI is InChI=1S/C12H23F3/c1-5-9(2)8-10(3)6-7-11(4)12(13,14)15/h9-11H,5-8H2,1-4H3. The molecule has 3 unspecified atom stereocenters. The molecule has 0 nitrogen and oxygen atoms in total. The summed E-state index contributed by atoms with van der Waals surface area (Å²) in [5, 5.41) is 0. The number of hydrogen-bond donors (Lipinski definition) is 0. The third-order valence-electron chi connectivity index (χ3n) is 3.15. The van der Waals surface area contributed by atoms with Gasteiger partial charge < -0.3 is 0 Å². The van der Waals surface area contributed by atoms with Crippen molar-refractivity contribution in [3.05, 3.63) is 0 Å². The second-order valence-electron chi connectivity index (χ2n) is 4.87. The summed E-state index contributed by atoms with van der Waals surface area (Å²) >= 11 is 0. The fourth-order valence-electron chi connectivity index (χ4n) is 1.67. The molecule has 0 bridgehead atoms. The van der Waals surface area contributed by atoms with Gasteiger partial charge in [-0.05, 0) is 24.7 Å². The van der Waals surface area contributed by atoms with E-state index in [1.54, 1.807) is 0 Å². The van der Waals surface area contributed by atoms with Crippen LogP contribution in [0.4, 0.5) is 13.2 Å². The average molecular weight is 224 g/mol. The van der Waals surface area contributed by atoms with E-state index < -0.39 is 12.1 Å². The van der Waals surface area contributed by atoms with Gasteiger partial charge in [0.25, 0.3) is 0 Å². The topological polar surface area (TPSA) is 0 Å². The van der Waals surface area contributed by atoms with Crippen molar-refractivity contribution in [1.82, 2.24) is 0 Å². The molecule has 0 aliphatic carbocycles. The number of rotatable bonds is 6. The lowest BCUT2D eigenvalue weighted by molar-refractivity contribution is -0.171. The minimum absolute atomic E-state index is 0.265. The second kappa shape index (κ2) is 6.39. The first-order valence-electron chi connectivity index (χ1n) is 5.84. The van der Waals surface area contributed by atoms with Crippen LogP contribution in [0.3, 0.4) is 0 Å². The van der Waals surface area contributed by atoms with Crippen LogP contribution in [0.1, 0.15) is 53.4 Å². The number of halogens is 3. The van der Waals surface area contributed by atoms with E-state index in [4.69, 9.17) is 0 Å². The van der Waals surface area contributed by atoms with Gasteiger partial charge in [-0.1, -0.05) is 40.5 Å². The molecular formula is C12H23F3. The highest BCUT2D eigenvalue weighted by Gasteiger charge is 2.35. The molecular weight excluding hydrogens is 201 g/mol. The molecule has 0 fully saturated rings. The molecule has 0 amide bonds. The fourth-order valence-corrected chi connectivity index (χ4v) is 1.67. The minimum atomic E-state index is -4.02. The molecule has 0 aromatic heterocycles. The molecule has 0 saturated heterocycles. The van der Waals surface area contributed by atoms with E-state index in [0.717, 1.165) is 12.8 Å². The Morgan fingerprint density at radius 2 is 1.47 bits per heavy atom. The molecule has 0 aliphatic rings. The van der Waals surface area contributed by atoms with Crippen LogP contribution in [0.5, 0.6) is 0 Å². The summed E-state index contributed by atoms with van der Waals surface area (Å²) in [6, 6.07) is 0. The Labute approximate surface area is 91.3 Å². The fraction of sp³-hybridized carbons (Fsp3) is 1.00. The third-order valence-corrected chi connectivity index (χ3v) is 3.15. The maximum absolute atomic E-state index is 12.2. The highest BCUT2D eigenvalue weighted by atomic mass is 19.4. The van der Waals surface area contributed by atoms with Crippen molar-refractivity contribution >= 4 is 0 Å². The van der Waals surface area contributed by atoms with E-state index in [1.807, 2.05) is 0 Å². The van der Waals surface area contributed by atoms with E-state index in [-0.39, 0.29) is 6.42 Å². The molecule has 0 spiro atoms. The SMILES string of the molecule is CCC(C)CC(C)CCC(C)C(F)(F)F. The summed E-state index contributed by atoms with van der Waals surface area (Å²) in [6.07, 6.45) is -0.914. The lowest BCUT2D eigenvalue weighted by Gasteiger charge is -2.19. The maximum atomic E-state index is 12.2. The van der Waals surface area contributed by atoms with Gasteiger partial charge in [-0.2, -0.15) is 13.2 Å². The van der Waals surface area contributed by atoms with Crippen molar-refractivity contribution in [3.8, 4) is 0 Å². The minimum Gasteiger partial charge on any atom is -0.171 e. The summed E-state index contributed by atoms with van der Waals surface area (Å²) in [4.78, 5) is 0. The van der Waals surface area contributed by atoms with E-state index in [9.17, 15) is 13.2 Å². The van der Waals surface area contributed by atoms with E-state index >= 15 is 0 Å². The quantitative estimate of drug-likeness (QED) is 0.593. The van der Waals surface area contributed by atoms with Gasteiger partial charge in [-0.3, -0.25) is 0 Å². The number of hydrogen-bond acceptors (Lipinski definition) is 0. The normalized spacial score (nSPS) is 18.6. The van der Waals surface area contributed by atoms with Crippen LogP contribution < -0.4 is 0 Å². The summed E-state index contributed by atoms with van der Waals surface area (Å²) in [7, 11) is 0. The lowest BCUT2D eigenvalue weighted by atomic mass is 9.89. The van der Waals surface area contributed by atoms with Crippen LogP contribution in [-0.2, 0) is 0 Å². The molecule has 0 aromatic carbocycles. The molecule has 0 saturated carbocycles. The molecule has 0 aromatic rings. The van der Waals surface area contributed by atoms with Gasteiger partial charge >= 0.3 is 6.18 Å². The Balaban J connectivity index is 3.76. The van der Waals surface area contributed by atoms with Crippen LogP contribution in [0.15, 0.2) is 0 Å². The predicted molar refractivity (Wildman–Crippen MR) is 57.7 cm³/mol. The zero-order chi connectivity index (χ0) is 12.1. The third kappa shape index (κ3) is 6.80. The van der Waals surface area contributed by atoms with Crippen LogP contribution in [0.25, 0.3) is 0 Å². The van der Waals surface area contributed by atoms with Crippen molar-refractivity contribution in [2.24, 2.45) is 17.8 Å². The molecule has 0 aliphatic heterocycles. The Morgan fingerprint density at radius 1 is 0.933 bits per heavy atom. The largest absolute Gasteiger partial charge is 0.391 e. The smallest absolute Gasteiger partial charge is 0.171 e. The Bertz CT molecular complexity index is 163. The zero-order valence-electron chi connectivity index (χ0n) is 10.2. The van der Waals surface area contributed by atoms with Crippen LogP contribution in [0.2, 0.25) is 0 Å². The van der Waals surface area contributed by atoms with Crippen molar-refractivity contribution in [3.63, 3.8) is 0 Å². The summed E-state index contributed by atoms with van der Waals surface area (Å²) in [6.45, 7) is 7.60. The van der Waals surface area contributed by atoms with Crippen LogP contribution in [-0.4, -0.2) is 6.18 Å². The molecule has 0 rings (SSSR count). The lowest BCUT2D eigenvalue weighted by Crippen LogP contribution is -2.20. The molecule has 0 radical (unpaired) electrons. The Hall–Kier alpha value is -0.210. The molecule has 0 heterocycles. The van der Waals surface area contributed by atoms with Gasteiger partial charge in [0.15, 0.2) is 0 Å². The highest BCUT2D eigenvalue weighted by molar-refractivity contribution is 4.65. The zero-order valence-corrected chi connectivity index (χ0v) is 10.2. The van der Waals surface area contributed by atoms with Gasteiger partial charge in [0.2, 0.25) is 0 Å². The van der Waals surface area contributed by atoms with Gasteiger partial charge in [0, 0.05) is 0 Å². The number of alkyl halides is 3. The van der Waals surface area contributed by atoms with E-state index in [1.165, 1.54) is 6.92 Å². The first-order chi connectivity index (χ1) is 6.77. The van der Waals surface area contributed by atoms with Crippen LogP contribution in [0, 0.1) is 17.8 Å². The van der Waals surface area contributed by atoms with Crippen LogP contribution >= 0.6 is 0 Å². The molecule has 3 heteroatoms.